The maximum atomic E-state index is 12.1. The number of hydroxylamine groups is 1. The van der Waals surface area contributed by atoms with E-state index >= 15 is 0 Å². The fraction of sp³-hybridized carbons (Fsp3) is 0.750. The third-order valence-electron chi connectivity index (χ3n) is 1.95. The first kappa shape index (κ1) is 13.6. The molecule has 6 nitrogen and oxygen atoms in total. The summed E-state index contributed by atoms with van der Waals surface area (Å²) in [5, 5.41) is 8.20. The van der Waals surface area contributed by atoms with Gasteiger partial charge in [0.05, 0.1) is 0 Å². The van der Waals surface area contributed by atoms with Crippen molar-refractivity contribution in [3.63, 3.8) is 0 Å². The highest BCUT2D eigenvalue weighted by Gasteiger charge is 2.40. The molecule has 9 heteroatoms. The van der Waals surface area contributed by atoms with Gasteiger partial charge < -0.3 is 10.0 Å². The first-order chi connectivity index (χ1) is 7.79. The number of carbonyl (C=O) groups is 2. The normalized spacial score (nSPS) is 15.5. The molecule has 0 bridgehead atoms. The number of aliphatic carboxylic acids is 1. The van der Waals surface area contributed by atoms with Crippen LogP contribution in [-0.2, 0) is 9.63 Å². The standard InChI is InChI=1S/C8H11F3N2O4/c9-8(10,11)4-13(5-1-2-5)7(16)12-17-3-6(14)15/h5H,1-4H2,(H,12,16)(H,14,15). The van der Waals surface area contributed by atoms with Crippen molar-refractivity contribution in [2.75, 3.05) is 13.2 Å². The van der Waals surface area contributed by atoms with Gasteiger partial charge in [0.15, 0.2) is 6.61 Å². The summed E-state index contributed by atoms with van der Waals surface area (Å²) in [6.45, 7) is -2.18. The van der Waals surface area contributed by atoms with Gasteiger partial charge in [-0.2, -0.15) is 13.2 Å². The molecule has 1 aliphatic carbocycles. The second kappa shape index (κ2) is 5.21. The summed E-state index contributed by atoms with van der Waals surface area (Å²) >= 11 is 0. The quantitative estimate of drug-likeness (QED) is 0.711. The van der Waals surface area contributed by atoms with Crippen LogP contribution in [0.3, 0.4) is 0 Å². The second-order valence-electron chi connectivity index (χ2n) is 3.56. The van der Waals surface area contributed by atoms with Gasteiger partial charge in [0.25, 0.3) is 0 Å². The number of amides is 2. The van der Waals surface area contributed by atoms with E-state index in [0.717, 1.165) is 0 Å². The zero-order chi connectivity index (χ0) is 13.1. The minimum Gasteiger partial charge on any atom is -0.479 e. The molecule has 98 valence electrons. The fourth-order valence-corrected chi connectivity index (χ4v) is 1.16. The predicted molar refractivity (Wildman–Crippen MR) is 47.9 cm³/mol. The minimum atomic E-state index is -4.49. The Morgan fingerprint density at radius 1 is 1.41 bits per heavy atom. The van der Waals surface area contributed by atoms with Crippen LogP contribution in [0, 0.1) is 0 Å². The molecule has 17 heavy (non-hydrogen) atoms. The summed E-state index contributed by atoms with van der Waals surface area (Å²) in [7, 11) is 0. The number of hydrogen-bond acceptors (Lipinski definition) is 3. The van der Waals surface area contributed by atoms with Crippen molar-refractivity contribution in [1.29, 1.82) is 0 Å². The molecule has 1 saturated carbocycles. The molecule has 1 aliphatic rings. The Hall–Kier alpha value is -1.51. The molecule has 2 amide bonds. The first-order valence-corrected chi connectivity index (χ1v) is 4.76. The number of carbonyl (C=O) groups excluding carboxylic acids is 1. The van der Waals surface area contributed by atoms with Crippen molar-refractivity contribution in [2.24, 2.45) is 0 Å². The van der Waals surface area contributed by atoms with Gasteiger partial charge in [-0.1, -0.05) is 0 Å². The van der Waals surface area contributed by atoms with Gasteiger partial charge in [-0.15, -0.1) is 0 Å². The van der Waals surface area contributed by atoms with Crippen LogP contribution >= 0.6 is 0 Å². The van der Waals surface area contributed by atoms with Crippen LogP contribution < -0.4 is 5.48 Å². The van der Waals surface area contributed by atoms with Crippen molar-refractivity contribution in [3.8, 4) is 0 Å². The summed E-state index contributed by atoms with van der Waals surface area (Å²) in [5.41, 5.74) is 1.66. The lowest BCUT2D eigenvalue weighted by molar-refractivity contribution is -0.147. The molecule has 0 radical (unpaired) electrons. The average Bonchev–Trinajstić information content (AvgIpc) is 2.95. The molecule has 1 fully saturated rings. The van der Waals surface area contributed by atoms with E-state index < -0.39 is 37.4 Å². The number of halogens is 3. The molecule has 0 heterocycles. The SMILES string of the molecule is O=C(O)CONC(=O)N(CC(F)(F)F)C1CC1. The van der Waals surface area contributed by atoms with Gasteiger partial charge in [-0.25, -0.2) is 15.1 Å². The van der Waals surface area contributed by atoms with Crippen LogP contribution in [0.5, 0.6) is 0 Å². The Kier molecular flexibility index (Phi) is 4.16. The van der Waals surface area contributed by atoms with Gasteiger partial charge >= 0.3 is 18.2 Å². The number of carboxylic acids is 1. The Morgan fingerprint density at radius 3 is 2.41 bits per heavy atom. The van der Waals surface area contributed by atoms with Gasteiger partial charge in [0.1, 0.15) is 6.54 Å². The van der Waals surface area contributed by atoms with Crippen molar-refractivity contribution in [2.45, 2.75) is 25.1 Å². The number of hydrogen-bond donors (Lipinski definition) is 2. The van der Waals surface area contributed by atoms with Crippen molar-refractivity contribution < 1.29 is 32.7 Å². The summed E-state index contributed by atoms with van der Waals surface area (Å²) in [6, 6.07) is -1.53. The molecule has 2 N–H and O–H groups in total. The molecule has 1 rings (SSSR count). The van der Waals surface area contributed by atoms with Crippen molar-refractivity contribution >= 4 is 12.0 Å². The van der Waals surface area contributed by atoms with Crippen LogP contribution in [0.1, 0.15) is 12.8 Å². The monoisotopic (exact) mass is 256 g/mol. The second-order valence-corrected chi connectivity index (χ2v) is 3.56. The molecule has 0 unspecified atom stereocenters. The van der Waals surface area contributed by atoms with Crippen LogP contribution in [0.15, 0.2) is 0 Å². The number of urea groups is 1. The van der Waals surface area contributed by atoms with Gasteiger partial charge in [0, 0.05) is 6.04 Å². The molecular formula is C8H11F3N2O4. The van der Waals surface area contributed by atoms with E-state index in [1.165, 1.54) is 0 Å². The van der Waals surface area contributed by atoms with E-state index in [1.54, 1.807) is 5.48 Å². The Labute approximate surface area is 94.3 Å². The fourth-order valence-electron chi connectivity index (χ4n) is 1.16. The van der Waals surface area contributed by atoms with E-state index in [1.807, 2.05) is 0 Å². The average molecular weight is 256 g/mol. The number of nitrogens with zero attached hydrogens (tertiary/aromatic N) is 1. The Morgan fingerprint density at radius 2 is 2.00 bits per heavy atom. The van der Waals surface area contributed by atoms with Gasteiger partial charge in [-0.05, 0) is 12.8 Å². The topological polar surface area (TPSA) is 78.9 Å². The van der Waals surface area contributed by atoms with E-state index in [4.69, 9.17) is 5.11 Å². The molecule has 0 aliphatic heterocycles. The third-order valence-corrected chi connectivity index (χ3v) is 1.95. The van der Waals surface area contributed by atoms with Crippen LogP contribution in [0.4, 0.5) is 18.0 Å². The lowest BCUT2D eigenvalue weighted by atomic mass is 10.5. The predicted octanol–water partition coefficient (Wildman–Crippen LogP) is 0.739. The van der Waals surface area contributed by atoms with E-state index in [2.05, 4.69) is 4.84 Å². The lowest BCUT2D eigenvalue weighted by Gasteiger charge is -2.23. The Balaban J connectivity index is 2.41. The summed E-state index contributed by atoms with van der Waals surface area (Å²) in [4.78, 5) is 26.1. The number of alkyl halides is 3. The largest absolute Gasteiger partial charge is 0.479 e. The molecule has 0 aromatic rings. The maximum Gasteiger partial charge on any atom is 0.406 e. The molecule has 0 atom stereocenters. The van der Waals surface area contributed by atoms with Crippen molar-refractivity contribution in [1.82, 2.24) is 10.4 Å². The van der Waals surface area contributed by atoms with Crippen LogP contribution in [0.2, 0.25) is 0 Å². The van der Waals surface area contributed by atoms with E-state index in [0.29, 0.717) is 17.7 Å². The molecule has 0 spiro atoms. The highest BCUT2D eigenvalue weighted by Crippen LogP contribution is 2.29. The van der Waals surface area contributed by atoms with Crippen LogP contribution in [-0.4, -0.2) is 47.4 Å². The summed E-state index contributed by atoms with van der Waals surface area (Å²) < 4.78 is 36.4. The van der Waals surface area contributed by atoms with Crippen LogP contribution in [0.25, 0.3) is 0 Å². The number of rotatable bonds is 5. The Bertz CT molecular complexity index is 304. The minimum absolute atomic E-state index is 0.454. The van der Waals surface area contributed by atoms with Gasteiger partial charge in [0.2, 0.25) is 0 Å². The smallest absolute Gasteiger partial charge is 0.406 e. The number of carboxylic acid groups (broad SMARTS) is 1. The number of nitrogens with one attached hydrogen (secondary N) is 1. The first-order valence-electron chi connectivity index (χ1n) is 4.76. The van der Waals surface area contributed by atoms with Gasteiger partial charge in [-0.3, -0.25) is 4.84 Å². The highest BCUT2D eigenvalue weighted by atomic mass is 19.4. The maximum absolute atomic E-state index is 12.1. The summed E-state index contributed by atoms with van der Waals surface area (Å²) in [6.07, 6.45) is -3.49. The lowest BCUT2D eigenvalue weighted by Crippen LogP contribution is -2.46. The molecule has 0 aromatic carbocycles. The zero-order valence-corrected chi connectivity index (χ0v) is 8.66. The van der Waals surface area contributed by atoms with E-state index in [9.17, 15) is 22.8 Å². The zero-order valence-electron chi connectivity index (χ0n) is 8.66. The summed E-state index contributed by atoms with van der Waals surface area (Å²) in [5.74, 6) is -1.33. The molecule has 0 saturated heterocycles. The highest BCUT2D eigenvalue weighted by molar-refractivity contribution is 5.74. The third kappa shape index (κ3) is 5.38. The van der Waals surface area contributed by atoms with Crippen molar-refractivity contribution in [3.05, 3.63) is 0 Å². The molecular weight excluding hydrogens is 245 g/mol. The van der Waals surface area contributed by atoms with E-state index in [-0.39, 0.29) is 0 Å². The molecule has 0 aromatic heterocycles.